The lowest BCUT2D eigenvalue weighted by Crippen LogP contribution is -2.14. The summed E-state index contributed by atoms with van der Waals surface area (Å²) in [5.41, 5.74) is 0.609. The molecule has 0 heterocycles. The van der Waals surface area contributed by atoms with Crippen LogP contribution in [0.1, 0.15) is 5.56 Å². The molecule has 0 spiro atoms. The van der Waals surface area contributed by atoms with Gasteiger partial charge >= 0.3 is 0 Å². The van der Waals surface area contributed by atoms with Gasteiger partial charge in [-0.1, -0.05) is 24.3 Å². The van der Waals surface area contributed by atoms with E-state index in [0.717, 1.165) is 6.26 Å². The van der Waals surface area contributed by atoms with Crippen LogP contribution < -0.4 is 0 Å². The van der Waals surface area contributed by atoms with E-state index in [0.29, 0.717) is 5.56 Å². The lowest BCUT2D eigenvalue weighted by atomic mass is 10.2. The van der Waals surface area contributed by atoms with Gasteiger partial charge in [-0.25, -0.2) is 21.2 Å². The highest BCUT2D eigenvalue weighted by Crippen LogP contribution is 2.22. The number of hydrogen-bond acceptors (Lipinski definition) is 5. The molecule has 0 fully saturated rings. The zero-order valence-corrected chi connectivity index (χ0v) is 13.9. The molecule has 0 saturated carbocycles. The van der Waals surface area contributed by atoms with Crippen molar-refractivity contribution in [2.45, 2.75) is 16.4 Å². The van der Waals surface area contributed by atoms with Crippen molar-refractivity contribution in [3.05, 3.63) is 59.9 Å². The fourth-order valence-corrected chi connectivity index (χ4v) is 4.61. The quantitative estimate of drug-likeness (QED) is 0.791. The second-order valence-electron chi connectivity index (χ2n) is 4.93. The van der Waals surface area contributed by atoms with Gasteiger partial charge in [-0.2, -0.15) is 0 Å². The van der Waals surface area contributed by atoms with E-state index in [4.69, 9.17) is 4.74 Å². The van der Waals surface area contributed by atoms with Crippen LogP contribution in [-0.4, -0.2) is 29.0 Å². The zero-order valence-electron chi connectivity index (χ0n) is 12.3. The second kappa shape index (κ2) is 6.77. The Balaban J connectivity index is 2.15. The summed E-state index contributed by atoms with van der Waals surface area (Å²) >= 11 is 0. The van der Waals surface area contributed by atoms with Gasteiger partial charge in [0.1, 0.15) is 5.82 Å². The zero-order chi connectivity index (χ0) is 17.1. The Bertz CT molecular complexity index is 888. The average molecular weight is 358 g/mol. The normalized spacial score (nSPS) is 12.3. The Labute approximate surface area is 134 Å². The number of sulfone groups is 2. The molecule has 0 bridgehead atoms. The van der Waals surface area contributed by atoms with Gasteiger partial charge in [-0.3, -0.25) is 0 Å². The summed E-state index contributed by atoms with van der Waals surface area (Å²) in [5, 5.41) is 0. The maximum Gasteiger partial charge on any atom is 0.203 e. The van der Waals surface area contributed by atoms with E-state index in [9.17, 15) is 21.2 Å². The number of benzene rings is 2. The van der Waals surface area contributed by atoms with Crippen LogP contribution in [-0.2, 0) is 31.0 Å². The molecular weight excluding hydrogens is 343 g/mol. The number of rotatable bonds is 6. The Hall–Kier alpha value is -1.77. The summed E-state index contributed by atoms with van der Waals surface area (Å²) in [6, 6.07) is 10.8. The van der Waals surface area contributed by atoms with Gasteiger partial charge < -0.3 is 4.74 Å². The molecule has 2 rings (SSSR count). The number of hydrogen-bond donors (Lipinski definition) is 0. The van der Waals surface area contributed by atoms with Crippen molar-refractivity contribution in [2.24, 2.45) is 0 Å². The molecule has 5 nitrogen and oxygen atoms in total. The summed E-state index contributed by atoms with van der Waals surface area (Å²) in [6.07, 6.45) is 0.945. The summed E-state index contributed by atoms with van der Waals surface area (Å²) < 4.78 is 65.9. The molecule has 0 aliphatic rings. The highest BCUT2D eigenvalue weighted by atomic mass is 32.2. The molecule has 0 saturated heterocycles. The monoisotopic (exact) mass is 358 g/mol. The summed E-state index contributed by atoms with van der Waals surface area (Å²) in [4.78, 5) is -0.549. The molecule has 23 heavy (non-hydrogen) atoms. The van der Waals surface area contributed by atoms with E-state index in [1.54, 1.807) is 0 Å². The van der Waals surface area contributed by atoms with E-state index in [1.165, 1.54) is 48.5 Å². The number of ether oxygens (including phenoxy) is 1. The minimum Gasteiger partial charge on any atom is -0.360 e. The maximum atomic E-state index is 12.8. The minimum atomic E-state index is -3.93. The molecule has 0 aromatic heterocycles. The Morgan fingerprint density at radius 3 is 2.04 bits per heavy atom. The molecule has 2 aromatic carbocycles. The van der Waals surface area contributed by atoms with Crippen LogP contribution in [0.4, 0.5) is 4.39 Å². The van der Waals surface area contributed by atoms with E-state index in [1.807, 2.05) is 0 Å². The van der Waals surface area contributed by atoms with Crippen LogP contribution in [0, 0.1) is 5.82 Å². The predicted molar refractivity (Wildman–Crippen MR) is 82.8 cm³/mol. The van der Waals surface area contributed by atoms with Crippen LogP contribution in [0.2, 0.25) is 0 Å². The predicted octanol–water partition coefficient (Wildman–Crippen LogP) is 2.18. The van der Waals surface area contributed by atoms with Crippen LogP contribution in [0.25, 0.3) is 0 Å². The van der Waals surface area contributed by atoms with Crippen molar-refractivity contribution in [1.82, 2.24) is 0 Å². The SMILES string of the molecule is CS(=O)(=O)c1ccccc1S(=O)(=O)COCc1ccc(F)cc1. The third-order valence-electron chi connectivity index (χ3n) is 3.00. The molecule has 2 aromatic rings. The Morgan fingerprint density at radius 2 is 1.48 bits per heavy atom. The van der Waals surface area contributed by atoms with E-state index < -0.39 is 31.4 Å². The highest BCUT2D eigenvalue weighted by Gasteiger charge is 2.23. The van der Waals surface area contributed by atoms with E-state index in [2.05, 4.69) is 0 Å². The molecule has 0 N–H and O–H groups in total. The van der Waals surface area contributed by atoms with Crippen molar-refractivity contribution >= 4 is 19.7 Å². The standard InChI is InChI=1S/C15H15FO5S2/c1-22(17,18)14-4-2-3-5-15(14)23(19,20)11-21-10-12-6-8-13(16)9-7-12/h2-9H,10-11H2,1H3. The summed E-state index contributed by atoms with van der Waals surface area (Å²) in [7, 11) is -7.60. The molecule has 0 unspecified atom stereocenters. The lowest BCUT2D eigenvalue weighted by Gasteiger charge is -2.10. The van der Waals surface area contributed by atoms with Gasteiger partial charge in [0, 0.05) is 6.26 Å². The third-order valence-corrected chi connectivity index (χ3v) is 5.79. The maximum absolute atomic E-state index is 12.8. The largest absolute Gasteiger partial charge is 0.360 e. The van der Waals surface area contributed by atoms with Crippen LogP contribution in [0.5, 0.6) is 0 Å². The van der Waals surface area contributed by atoms with Gasteiger partial charge in [0.05, 0.1) is 16.4 Å². The van der Waals surface area contributed by atoms with Crippen LogP contribution >= 0.6 is 0 Å². The summed E-state index contributed by atoms with van der Waals surface area (Å²) in [5.74, 6) is -1.07. The first-order valence-electron chi connectivity index (χ1n) is 6.54. The smallest absolute Gasteiger partial charge is 0.203 e. The number of halogens is 1. The van der Waals surface area contributed by atoms with Crippen molar-refractivity contribution < 1.29 is 26.0 Å². The van der Waals surface area contributed by atoms with Crippen molar-refractivity contribution in [1.29, 1.82) is 0 Å². The van der Waals surface area contributed by atoms with Gasteiger partial charge in [0.25, 0.3) is 0 Å². The molecule has 0 aliphatic heterocycles. The summed E-state index contributed by atoms with van der Waals surface area (Å²) in [6.45, 7) is -0.0272. The molecule has 0 amide bonds. The Morgan fingerprint density at radius 1 is 0.913 bits per heavy atom. The fraction of sp³-hybridized carbons (Fsp3) is 0.200. The molecule has 0 radical (unpaired) electrons. The highest BCUT2D eigenvalue weighted by molar-refractivity contribution is 7.94. The van der Waals surface area contributed by atoms with Crippen LogP contribution in [0.3, 0.4) is 0 Å². The molecular formula is C15H15FO5S2. The van der Waals surface area contributed by atoms with Gasteiger partial charge in [-0.15, -0.1) is 0 Å². The van der Waals surface area contributed by atoms with E-state index in [-0.39, 0.29) is 16.4 Å². The topological polar surface area (TPSA) is 77.5 Å². The van der Waals surface area contributed by atoms with Crippen molar-refractivity contribution in [2.75, 3.05) is 12.2 Å². The first kappa shape index (κ1) is 17.6. The minimum absolute atomic E-state index is 0.0272. The van der Waals surface area contributed by atoms with E-state index >= 15 is 0 Å². The van der Waals surface area contributed by atoms with Crippen molar-refractivity contribution in [3.8, 4) is 0 Å². The fourth-order valence-electron chi connectivity index (χ4n) is 1.93. The first-order valence-corrected chi connectivity index (χ1v) is 10.1. The van der Waals surface area contributed by atoms with Crippen LogP contribution in [0.15, 0.2) is 58.3 Å². The Kier molecular flexibility index (Phi) is 5.18. The molecule has 124 valence electrons. The van der Waals surface area contributed by atoms with Gasteiger partial charge in [-0.05, 0) is 29.8 Å². The molecule has 0 aliphatic carbocycles. The lowest BCUT2D eigenvalue weighted by molar-refractivity contribution is 0.163. The average Bonchev–Trinajstić information content (AvgIpc) is 2.48. The molecule has 8 heteroatoms. The third kappa shape index (κ3) is 4.60. The van der Waals surface area contributed by atoms with Gasteiger partial charge in [0.15, 0.2) is 15.8 Å². The van der Waals surface area contributed by atoms with Gasteiger partial charge in [0.2, 0.25) is 9.84 Å². The first-order chi connectivity index (χ1) is 10.7. The van der Waals surface area contributed by atoms with Crippen molar-refractivity contribution in [3.63, 3.8) is 0 Å². The molecule has 0 atom stereocenters. The second-order valence-corrected chi connectivity index (χ2v) is 8.82.